The highest BCUT2D eigenvalue weighted by Gasteiger charge is 2.33. The first kappa shape index (κ1) is 18.2. The van der Waals surface area contributed by atoms with Crippen molar-refractivity contribution >= 4 is 34.9 Å². The van der Waals surface area contributed by atoms with E-state index in [0.717, 1.165) is 18.2 Å². The Labute approximate surface area is 145 Å². The van der Waals surface area contributed by atoms with E-state index >= 15 is 0 Å². The summed E-state index contributed by atoms with van der Waals surface area (Å²) in [5, 5.41) is 4.65. The summed E-state index contributed by atoms with van der Waals surface area (Å²) in [7, 11) is 1.44. The summed E-state index contributed by atoms with van der Waals surface area (Å²) < 4.78 is 43.5. The van der Waals surface area contributed by atoms with Crippen LogP contribution in [-0.2, 0) is 6.18 Å². The molecule has 4 nitrogen and oxygen atoms in total. The lowest BCUT2D eigenvalue weighted by Gasteiger charge is -2.12. The molecule has 0 saturated carbocycles. The van der Waals surface area contributed by atoms with E-state index in [1.54, 1.807) is 0 Å². The SMILES string of the molecule is CNC(=O)Nc1cc(Oc2ccc(C(F)(F)F)c(Cl)c2)ccc1Cl. The van der Waals surface area contributed by atoms with Crippen molar-refractivity contribution in [3.8, 4) is 11.5 Å². The number of carbonyl (C=O) groups is 1. The van der Waals surface area contributed by atoms with Gasteiger partial charge in [-0.05, 0) is 24.3 Å². The van der Waals surface area contributed by atoms with Gasteiger partial charge in [0.15, 0.2) is 0 Å². The van der Waals surface area contributed by atoms with Crippen LogP contribution in [0, 0.1) is 0 Å². The van der Waals surface area contributed by atoms with Crippen molar-refractivity contribution < 1.29 is 22.7 Å². The van der Waals surface area contributed by atoms with Gasteiger partial charge in [0.05, 0.1) is 21.3 Å². The van der Waals surface area contributed by atoms with Crippen LogP contribution in [0.25, 0.3) is 0 Å². The molecule has 0 atom stereocenters. The molecule has 2 aromatic rings. The van der Waals surface area contributed by atoms with Crippen LogP contribution in [0.3, 0.4) is 0 Å². The molecule has 2 aromatic carbocycles. The summed E-state index contributed by atoms with van der Waals surface area (Å²) in [5.41, 5.74) is -0.666. The number of hydrogen-bond donors (Lipinski definition) is 2. The fraction of sp³-hybridized carbons (Fsp3) is 0.133. The Bertz CT molecular complexity index is 767. The van der Waals surface area contributed by atoms with Gasteiger partial charge in [0.25, 0.3) is 0 Å². The van der Waals surface area contributed by atoms with Crippen molar-refractivity contribution in [2.75, 3.05) is 12.4 Å². The van der Waals surface area contributed by atoms with Gasteiger partial charge < -0.3 is 15.4 Å². The van der Waals surface area contributed by atoms with Gasteiger partial charge >= 0.3 is 12.2 Å². The maximum Gasteiger partial charge on any atom is 0.417 e. The number of urea groups is 1. The van der Waals surface area contributed by atoms with Crippen LogP contribution in [0.1, 0.15) is 5.56 Å². The van der Waals surface area contributed by atoms with E-state index in [1.165, 1.54) is 25.2 Å². The molecule has 128 valence electrons. The number of amides is 2. The monoisotopic (exact) mass is 378 g/mol. The van der Waals surface area contributed by atoms with Crippen molar-refractivity contribution in [1.29, 1.82) is 0 Å². The number of ether oxygens (including phenoxy) is 1. The van der Waals surface area contributed by atoms with E-state index in [0.29, 0.717) is 0 Å². The highest BCUT2D eigenvalue weighted by Crippen LogP contribution is 2.37. The minimum Gasteiger partial charge on any atom is -0.457 e. The van der Waals surface area contributed by atoms with Gasteiger partial charge in [0, 0.05) is 19.2 Å². The Morgan fingerprint density at radius 3 is 2.25 bits per heavy atom. The van der Waals surface area contributed by atoms with Crippen LogP contribution in [-0.4, -0.2) is 13.1 Å². The van der Waals surface area contributed by atoms with Gasteiger partial charge in [-0.15, -0.1) is 0 Å². The lowest BCUT2D eigenvalue weighted by molar-refractivity contribution is -0.137. The summed E-state index contributed by atoms with van der Waals surface area (Å²) in [4.78, 5) is 11.3. The second-order valence-electron chi connectivity index (χ2n) is 4.59. The zero-order valence-electron chi connectivity index (χ0n) is 12.2. The molecule has 0 saturated heterocycles. The van der Waals surface area contributed by atoms with Crippen molar-refractivity contribution in [3.05, 3.63) is 52.0 Å². The van der Waals surface area contributed by atoms with Crippen LogP contribution in [0.15, 0.2) is 36.4 Å². The van der Waals surface area contributed by atoms with Crippen molar-refractivity contribution in [2.24, 2.45) is 0 Å². The van der Waals surface area contributed by atoms with E-state index < -0.39 is 22.8 Å². The van der Waals surface area contributed by atoms with Gasteiger partial charge in [-0.2, -0.15) is 13.2 Å². The molecular formula is C15H11Cl2F3N2O2. The van der Waals surface area contributed by atoms with E-state index in [1.807, 2.05) is 0 Å². The molecule has 0 radical (unpaired) electrons. The maximum absolute atomic E-state index is 12.7. The van der Waals surface area contributed by atoms with E-state index in [-0.39, 0.29) is 22.2 Å². The number of benzene rings is 2. The number of carbonyl (C=O) groups excluding carboxylic acids is 1. The third-order valence-corrected chi connectivity index (χ3v) is 3.54. The van der Waals surface area contributed by atoms with Gasteiger partial charge in [-0.3, -0.25) is 0 Å². The Kier molecular flexibility index (Phi) is 5.46. The third-order valence-electron chi connectivity index (χ3n) is 2.89. The Balaban J connectivity index is 2.24. The Morgan fingerprint density at radius 1 is 1.04 bits per heavy atom. The highest BCUT2D eigenvalue weighted by molar-refractivity contribution is 6.33. The molecule has 2 amide bonds. The minimum atomic E-state index is -4.54. The molecule has 24 heavy (non-hydrogen) atoms. The molecular weight excluding hydrogens is 368 g/mol. The summed E-state index contributed by atoms with van der Waals surface area (Å²) in [5.74, 6) is 0.378. The molecule has 2 rings (SSSR count). The number of hydrogen-bond acceptors (Lipinski definition) is 2. The second-order valence-corrected chi connectivity index (χ2v) is 5.40. The molecule has 0 heterocycles. The number of anilines is 1. The first-order valence-corrected chi connectivity index (χ1v) is 7.29. The average molecular weight is 379 g/mol. The number of rotatable bonds is 3. The Morgan fingerprint density at radius 2 is 1.67 bits per heavy atom. The normalized spacial score (nSPS) is 11.1. The number of halogens is 5. The zero-order chi connectivity index (χ0) is 17.9. The maximum atomic E-state index is 12.7. The van der Waals surface area contributed by atoms with Crippen molar-refractivity contribution in [2.45, 2.75) is 6.18 Å². The van der Waals surface area contributed by atoms with Crippen molar-refractivity contribution in [3.63, 3.8) is 0 Å². The molecule has 0 unspecified atom stereocenters. The standard InChI is InChI=1S/C15H11Cl2F3N2O2/c1-21-14(23)22-13-7-9(3-5-11(13)16)24-8-2-4-10(12(17)6-8)15(18,19)20/h2-7H,1H3,(H2,21,22,23). The van der Waals surface area contributed by atoms with Crippen molar-refractivity contribution in [1.82, 2.24) is 5.32 Å². The molecule has 0 aliphatic carbocycles. The summed E-state index contributed by atoms with van der Waals surface area (Å²) in [6.07, 6.45) is -4.54. The van der Waals surface area contributed by atoms with Crippen LogP contribution in [0.4, 0.5) is 23.7 Å². The Hall–Kier alpha value is -2.12. The van der Waals surface area contributed by atoms with E-state index in [9.17, 15) is 18.0 Å². The van der Waals surface area contributed by atoms with Gasteiger partial charge in [-0.25, -0.2) is 4.79 Å². The molecule has 9 heteroatoms. The van der Waals surface area contributed by atoms with Crippen LogP contribution in [0.5, 0.6) is 11.5 Å². The fourth-order valence-corrected chi connectivity index (χ4v) is 2.22. The van der Waals surface area contributed by atoms with Crippen LogP contribution < -0.4 is 15.4 Å². The lowest BCUT2D eigenvalue weighted by Crippen LogP contribution is -2.24. The molecule has 0 aliphatic rings. The smallest absolute Gasteiger partial charge is 0.417 e. The summed E-state index contributed by atoms with van der Waals surface area (Å²) in [6, 6.07) is 6.98. The fourth-order valence-electron chi connectivity index (χ4n) is 1.77. The number of alkyl halides is 3. The predicted molar refractivity (Wildman–Crippen MR) is 86.1 cm³/mol. The third kappa shape index (κ3) is 4.46. The van der Waals surface area contributed by atoms with Gasteiger partial charge in [0.1, 0.15) is 11.5 Å². The van der Waals surface area contributed by atoms with Crippen LogP contribution in [0.2, 0.25) is 10.0 Å². The molecule has 0 aromatic heterocycles. The molecule has 2 N–H and O–H groups in total. The minimum absolute atomic E-state index is 0.112. The second kappa shape index (κ2) is 7.19. The zero-order valence-corrected chi connectivity index (χ0v) is 13.7. The van der Waals surface area contributed by atoms with Gasteiger partial charge in [-0.1, -0.05) is 23.2 Å². The summed E-state index contributed by atoms with van der Waals surface area (Å²) in [6.45, 7) is 0. The summed E-state index contributed by atoms with van der Waals surface area (Å²) >= 11 is 11.6. The lowest BCUT2D eigenvalue weighted by atomic mass is 10.2. The van der Waals surface area contributed by atoms with Gasteiger partial charge in [0.2, 0.25) is 0 Å². The topological polar surface area (TPSA) is 50.4 Å². The first-order valence-electron chi connectivity index (χ1n) is 6.53. The van der Waals surface area contributed by atoms with E-state index in [2.05, 4.69) is 10.6 Å². The molecule has 0 bridgehead atoms. The highest BCUT2D eigenvalue weighted by atomic mass is 35.5. The molecule has 0 spiro atoms. The average Bonchev–Trinajstić information content (AvgIpc) is 2.49. The van der Waals surface area contributed by atoms with E-state index in [4.69, 9.17) is 27.9 Å². The number of nitrogens with one attached hydrogen (secondary N) is 2. The largest absolute Gasteiger partial charge is 0.457 e. The predicted octanol–water partition coefficient (Wildman–Crippen LogP) is 5.56. The molecule has 0 fully saturated rings. The van der Waals surface area contributed by atoms with Crippen LogP contribution >= 0.6 is 23.2 Å². The molecule has 0 aliphatic heterocycles. The quantitative estimate of drug-likeness (QED) is 0.734. The first-order chi connectivity index (χ1) is 11.2.